The molecule has 0 aliphatic heterocycles. The van der Waals surface area contributed by atoms with E-state index in [1.165, 1.54) is 18.7 Å². The van der Waals surface area contributed by atoms with E-state index in [1.54, 1.807) is 6.92 Å². The number of carbonyl (C=O) groups excluding carboxylic acids is 1. The minimum absolute atomic E-state index is 0.266. The third-order valence-corrected chi connectivity index (χ3v) is 3.78. The monoisotopic (exact) mass is 267 g/mol. The first kappa shape index (κ1) is 14.6. The van der Waals surface area contributed by atoms with Crippen LogP contribution in [0.5, 0.6) is 0 Å². The second-order valence-corrected chi connectivity index (χ2v) is 5.48. The maximum Gasteiger partial charge on any atom is 0.325 e. The van der Waals surface area contributed by atoms with Crippen molar-refractivity contribution in [2.45, 2.75) is 37.0 Å². The number of carboxylic acid groups (broad SMARTS) is 1. The fourth-order valence-corrected chi connectivity index (χ4v) is 2.29. The molecule has 2 N–H and O–H groups in total. The Morgan fingerprint density at radius 1 is 1.28 bits per heavy atom. The Labute approximate surface area is 111 Å². The highest BCUT2D eigenvalue weighted by atomic mass is 32.2. The van der Waals surface area contributed by atoms with Gasteiger partial charge in [0, 0.05) is 4.90 Å². The molecular formula is C13H17NO3S. The maximum atomic E-state index is 11.8. The van der Waals surface area contributed by atoms with E-state index in [4.69, 9.17) is 5.11 Å². The average molecular weight is 267 g/mol. The highest BCUT2D eigenvalue weighted by molar-refractivity contribution is 8.00. The molecule has 0 spiro atoms. The Morgan fingerprint density at radius 3 is 2.44 bits per heavy atom. The highest BCUT2D eigenvalue weighted by Crippen LogP contribution is 2.26. The molecular weight excluding hydrogens is 250 g/mol. The minimum Gasteiger partial charge on any atom is -0.480 e. The maximum absolute atomic E-state index is 11.8. The summed E-state index contributed by atoms with van der Waals surface area (Å²) < 4.78 is 0. The Kier molecular flexibility index (Phi) is 5.22. The molecule has 0 saturated carbocycles. The molecule has 98 valence electrons. The molecule has 2 atom stereocenters. The van der Waals surface area contributed by atoms with E-state index in [2.05, 4.69) is 5.32 Å². The van der Waals surface area contributed by atoms with Gasteiger partial charge < -0.3 is 10.4 Å². The molecule has 1 amide bonds. The lowest BCUT2D eigenvalue weighted by molar-refractivity contribution is -0.141. The molecule has 0 fully saturated rings. The first-order valence-corrected chi connectivity index (χ1v) is 6.55. The van der Waals surface area contributed by atoms with Gasteiger partial charge in [0.25, 0.3) is 0 Å². The Balaban J connectivity index is 2.60. The van der Waals surface area contributed by atoms with Crippen LogP contribution in [0.25, 0.3) is 0 Å². The number of thioether (sulfide) groups is 1. The number of nitrogens with one attached hydrogen (secondary N) is 1. The number of aryl methyl sites for hydroxylation is 1. The lowest BCUT2D eigenvalue weighted by atomic mass is 10.2. The number of carbonyl (C=O) groups is 2. The molecule has 5 heteroatoms. The third-order valence-electron chi connectivity index (χ3n) is 2.50. The van der Waals surface area contributed by atoms with Crippen LogP contribution in [0.1, 0.15) is 19.4 Å². The zero-order valence-corrected chi connectivity index (χ0v) is 11.5. The van der Waals surface area contributed by atoms with Crippen LogP contribution in [0.3, 0.4) is 0 Å². The first-order valence-electron chi connectivity index (χ1n) is 5.67. The van der Waals surface area contributed by atoms with Crippen molar-refractivity contribution < 1.29 is 14.7 Å². The fraction of sp³-hybridized carbons (Fsp3) is 0.385. The fourth-order valence-electron chi connectivity index (χ4n) is 1.33. The summed E-state index contributed by atoms with van der Waals surface area (Å²) in [4.78, 5) is 23.5. The van der Waals surface area contributed by atoms with E-state index in [-0.39, 0.29) is 11.2 Å². The van der Waals surface area contributed by atoms with E-state index in [1.807, 2.05) is 31.2 Å². The summed E-state index contributed by atoms with van der Waals surface area (Å²) in [7, 11) is 0. The second-order valence-electron chi connectivity index (χ2n) is 4.09. The van der Waals surface area contributed by atoms with Gasteiger partial charge in [0.1, 0.15) is 6.04 Å². The standard InChI is InChI=1S/C13H17NO3S/c1-8-6-4-5-7-11(8)18-10(3)12(15)14-9(2)13(16)17/h4-7,9-10H,1-3H3,(H,14,15)(H,16,17). The molecule has 0 aliphatic rings. The van der Waals surface area contributed by atoms with Crippen LogP contribution in [0.15, 0.2) is 29.2 Å². The summed E-state index contributed by atoms with van der Waals surface area (Å²) in [5.41, 5.74) is 1.11. The van der Waals surface area contributed by atoms with Crippen LogP contribution in [-0.4, -0.2) is 28.3 Å². The molecule has 1 aromatic carbocycles. The number of hydrogen-bond donors (Lipinski definition) is 2. The van der Waals surface area contributed by atoms with Crippen molar-refractivity contribution in [2.75, 3.05) is 0 Å². The smallest absolute Gasteiger partial charge is 0.325 e. The van der Waals surface area contributed by atoms with Gasteiger partial charge in [-0.1, -0.05) is 18.2 Å². The molecule has 4 nitrogen and oxygen atoms in total. The summed E-state index contributed by atoms with van der Waals surface area (Å²) in [6.07, 6.45) is 0. The van der Waals surface area contributed by atoms with E-state index < -0.39 is 12.0 Å². The van der Waals surface area contributed by atoms with Crippen LogP contribution >= 0.6 is 11.8 Å². The molecule has 1 rings (SSSR count). The van der Waals surface area contributed by atoms with Gasteiger partial charge in [-0.2, -0.15) is 0 Å². The normalized spacial score (nSPS) is 13.7. The van der Waals surface area contributed by atoms with Crippen molar-refractivity contribution in [1.82, 2.24) is 5.32 Å². The molecule has 0 aromatic heterocycles. The summed E-state index contributed by atoms with van der Waals surface area (Å²) >= 11 is 1.43. The van der Waals surface area contributed by atoms with Gasteiger partial charge in [0.2, 0.25) is 5.91 Å². The van der Waals surface area contributed by atoms with Crippen molar-refractivity contribution in [3.05, 3.63) is 29.8 Å². The average Bonchev–Trinajstić information content (AvgIpc) is 2.31. The number of aliphatic carboxylic acids is 1. The number of carboxylic acids is 1. The van der Waals surface area contributed by atoms with Crippen LogP contribution in [0, 0.1) is 6.92 Å². The second kappa shape index (κ2) is 6.44. The molecule has 0 radical (unpaired) electrons. The van der Waals surface area contributed by atoms with Crippen LogP contribution in [0.4, 0.5) is 0 Å². The summed E-state index contributed by atoms with van der Waals surface area (Å²) in [6.45, 7) is 5.19. The van der Waals surface area contributed by atoms with Crippen molar-refractivity contribution in [1.29, 1.82) is 0 Å². The summed E-state index contributed by atoms with van der Waals surface area (Å²) in [5.74, 6) is -1.30. The molecule has 2 unspecified atom stereocenters. The van der Waals surface area contributed by atoms with E-state index >= 15 is 0 Å². The van der Waals surface area contributed by atoms with Crippen molar-refractivity contribution in [2.24, 2.45) is 0 Å². The number of rotatable bonds is 5. The number of amides is 1. The number of hydrogen-bond acceptors (Lipinski definition) is 3. The van der Waals surface area contributed by atoms with Gasteiger partial charge in [-0.05, 0) is 32.4 Å². The van der Waals surface area contributed by atoms with Gasteiger partial charge in [0.15, 0.2) is 0 Å². The first-order chi connectivity index (χ1) is 8.41. The van der Waals surface area contributed by atoms with Crippen molar-refractivity contribution >= 4 is 23.6 Å². The van der Waals surface area contributed by atoms with Crippen molar-refractivity contribution in [3.63, 3.8) is 0 Å². The van der Waals surface area contributed by atoms with E-state index in [0.717, 1.165) is 10.5 Å². The molecule has 0 heterocycles. The predicted molar refractivity (Wildman–Crippen MR) is 71.7 cm³/mol. The molecule has 0 aliphatic carbocycles. The van der Waals surface area contributed by atoms with Gasteiger partial charge >= 0.3 is 5.97 Å². The summed E-state index contributed by atoms with van der Waals surface area (Å²) in [6, 6.07) is 6.92. The third kappa shape index (κ3) is 4.07. The molecule has 0 bridgehead atoms. The Bertz CT molecular complexity index is 448. The van der Waals surface area contributed by atoms with Gasteiger partial charge in [-0.15, -0.1) is 11.8 Å². The molecule has 0 saturated heterocycles. The zero-order valence-electron chi connectivity index (χ0n) is 10.6. The quantitative estimate of drug-likeness (QED) is 0.801. The summed E-state index contributed by atoms with van der Waals surface area (Å²) in [5, 5.41) is 10.9. The Morgan fingerprint density at radius 2 is 1.89 bits per heavy atom. The zero-order chi connectivity index (χ0) is 13.7. The predicted octanol–water partition coefficient (Wildman–Crippen LogP) is 2.06. The van der Waals surface area contributed by atoms with Crippen LogP contribution in [0.2, 0.25) is 0 Å². The lowest BCUT2D eigenvalue weighted by Gasteiger charge is -2.15. The largest absolute Gasteiger partial charge is 0.480 e. The van der Waals surface area contributed by atoms with E-state index in [9.17, 15) is 9.59 Å². The molecule has 1 aromatic rings. The molecule has 18 heavy (non-hydrogen) atoms. The van der Waals surface area contributed by atoms with Gasteiger partial charge in [0.05, 0.1) is 5.25 Å². The lowest BCUT2D eigenvalue weighted by Crippen LogP contribution is -2.42. The van der Waals surface area contributed by atoms with Gasteiger partial charge in [-0.25, -0.2) is 0 Å². The van der Waals surface area contributed by atoms with Gasteiger partial charge in [-0.3, -0.25) is 9.59 Å². The highest BCUT2D eigenvalue weighted by Gasteiger charge is 2.20. The van der Waals surface area contributed by atoms with Crippen molar-refractivity contribution in [3.8, 4) is 0 Å². The Hall–Kier alpha value is -1.49. The topological polar surface area (TPSA) is 66.4 Å². The van der Waals surface area contributed by atoms with Crippen LogP contribution < -0.4 is 5.32 Å². The van der Waals surface area contributed by atoms with E-state index in [0.29, 0.717) is 0 Å². The van der Waals surface area contributed by atoms with Crippen LogP contribution in [-0.2, 0) is 9.59 Å². The SMILES string of the molecule is Cc1ccccc1SC(C)C(=O)NC(C)C(=O)O. The minimum atomic E-state index is -1.03. The number of benzene rings is 1.